The van der Waals surface area contributed by atoms with Crippen molar-refractivity contribution in [2.24, 2.45) is 0 Å². The Morgan fingerprint density at radius 2 is 1.72 bits per heavy atom. The van der Waals surface area contributed by atoms with Gasteiger partial charge < -0.3 is 15.5 Å². The Hall–Kier alpha value is -3.97. The molecule has 2 aromatic carbocycles. The molecule has 0 unspecified atom stereocenters. The Labute approximate surface area is 181 Å². The molecule has 3 rings (SSSR count). The van der Waals surface area contributed by atoms with Crippen LogP contribution in [0.4, 0.5) is 19.0 Å². The topological polar surface area (TPSA) is 119 Å². The van der Waals surface area contributed by atoms with Crippen LogP contribution in [-0.2, 0) is 11.2 Å². The first-order chi connectivity index (χ1) is 15.2. The Bertz CT molecular complexity index is 1050. The zero-order chi connectivity index (χ0) is 23.6. The molecule has 0 bridgehead atoms. The third kappa shape index (κ3) is 7.70. The zero-order valence-electron chi connectivity index (χ0n) is 16.6. The van der Waals surface area contributed by atoms with E-state index in [9.17, 15) is 18.3 Å². The van der Waals surface area contributed by atoms with Gasteiger partial charge in [-0.3, -0.25) is 0 Å². The molecule has 1 aromatic heterocycles. The fourth-order valence-electron chi connectivity index (χ4n) is 2.49. The van der Waals surface area contributed by atoms with Gasteiger partial charge >= 0.3 is 12.1 Å². The number of hydrogen-bond donors (Lipinski definition) is 3. The van der Waals surface area contributed by atoms with Crippen molar-refractivity contribution in [2.45, 2.75) is 18.7 Å². The van der Waals surface area contributed by atoms with E-state index >= 15 is 0 Å². The van der Waals surface area contributed by atoms with E-state index in [-0.39, 0.29) is 0 Å². The third-order valence-electron chi connectivity index (χ3n) is 4.10. The van der Waals surface area contributed by atoms with Crippen LogP contribution in [0.3, 0.4) is 0 Å². The largest absolute Gasteiger partial charge is 0.490 e. The number of nitrogens with one attached hydrogen (secondary N) is 1. The lowest BCUT2D eigenvalue weighted by molar-refractivity contribution is -0.192. The summed E-state index contributed by atoms with van der Waals surface area (Å²) in [5, 5.41) is 29.2. The highest BCUT2D eigenvalue weighted by Crippen LogP contribution is 2.20. The first-order valence-electron chi connectivity index (χ1n) is 9.26. The monoisotopic (exact) mass is 444 g/mol. The molecule has 0 radical (unpaired) electrons. The molecule has 0 aliphatic heterocycles. The number of aliphatic hydroxyl groups is 1. The van der Waals surface area contributed by atoms with Gasteiger partial charge in [0.15, 0.2) is 0 Å². The summed E-state index contributed by atoms with van der Waals surface area (Å²) in [6.07, 6.45) is -3.80. The maximum absolute atomic E-state index is 10.6. The third-order valence-corrected chi connectivity index (χ3v) is 4.10. The van der Waals surface area contributed by atoms with Crippen LogP contribution >= 0.6 is 0 Å². The van der Waals surface area contributed by atoms with Gasteiger partial charge in [-0.15, -0.1) is 0 Å². The first kappa shape index (κ1) is 24.3. The molecule has 0 saturated heterocycles. The molecular formula is C22H19F3N4O3. The second-order valence-electron chi connectivity index (χ2n) is 6.43. The van der Waals surface area contributed by atoms with Crippen molar-refractivity contribution in [3.63, 3.8) is 0 Å². The smallest absolute Gasteiger partial charge is 0.475 e. The van der Waals surface area contributed by atoms with Crippen LogP contribution in [0.15, 0.2) is 67.0 Å². The number of anilines is 1. The molecular weight excluding hydrogens is 425 g/mol. The summed E-state index contributed by atoms with van der Waals surface area (Å²) in [6, 6.07) is 21.2. The van der Waals surface area contributed by atoms with E-state index in [4.69, 9.17) is 15.2 Å². The molecule has 0 fully saturated rings. The number of carboxylic acid groups (broad SMARTS) is 1. The molecule has 3 aromatic rings. The molecule has 0 spiro atoms. The predicted molar refractivity (Wildman–Crippen MR) is 110 cm³/mol. The van der Waals surface area contributed by atoms with E-state index in [1.807, 2.05) is 60.7 Å². The molecule has 0 aliphatic carbocycles. The summed E-state index contributed by atoms with van der Waals surface area (Å²) >= 11 is 0. The van der Waals surface area contributed by atoms with E-state index < -0.39 is 18.2 Å². The second-order valence-corrected chi connectivity index (χ2v) is 6.43. The van der Waals surface area contributed by atoms with Crippen LogP contribution < -0.4 is 5.32 Å². The van der Waals surface area contributed by atoms with E-state index in [0.717, 1.165) is 22.4 Å². The number of nitrogens with zero attached hydrogens (tertiary/aromatic N) is 3. The van der Waals surface area contributed by atoms with Crippen molar-refractivity contribution in [3.8, 4) is 17.3 Å². The molecule has 10 heteroatoms. The van der Waals surface area contributed by atoms with Gasteiger partial charge in [0.25, 0.3) is 0 Å². The number of aliphatic carboxylic acids is 1. The normalized spacial score (nSPS) is 11.5. The van der Waals surface area contributed by atoms with E-state index in [1.165, 1.54) is 6.33 Å². The quantitative estimate of drug-likeness (QED) is 0.526. The highest BCUT2D eigenvalue weighted by atomic mass is 19.4. The lowest BCUT2D eigenvalue weighted by Gasteiger charge is -2.13. The van der Waals surface area contributed by atoms with Crippen LogP contribution in [0.5, 0.6) is 0 Å². The maximum atomic E-state index is 10.6. The number of carbonyl (C=O) groups is 1. The molecule has 3 N–H and O–H groups in total. The standard InChI is InChI=1S/C20H18N4O.C2HF3O2/c21-11-10-15-6-8-16(9-7-15)18-12-20(24-14-23-18)22-13-19(25)17-4-2-1-3-5-17;3-2(4,5)1(6)7/h1-9,12,14,19,25H,10,13H2,(H,22,23,24);(H,6,7)/t19-;/m0./s1. The van der Waals surface area contributed by atoms with Gasteiger partial charge in [-0.2, -0.15) is 18.4 Å². The second kappa shape index (κ2) is 11.4. The van der Waals surface area contributed by atoms with E-state index in [2.05, 4.69) is 21.4 Å². The zero-order valence-corrected chi connectivity index (χ0v) is 16.6. The van der Waals surface area contributed by atoms with Crippen molar-refractivity contribution < 1.29 is 28.2 Å². The van der Waals surface area contributed by atoms with Gasteiger partial charge in [0.05, 0.1) is 24.3 Å². The number of aliphatic hydroxyl groups excluding tert-OH is 1. The van der Waals surface area contributed by atoms with Gasteiger partial charge in [0, 0.05) is 18.2 Å². The van der Waals surface area contributed by atoms with Crippen LogP contribution in [0.25, 0.3) is 11.3 Å². The van der Waals surface area contributed by atoms with E-state index in [1.54, 1.807) is 0 Å². The Balaban J connectivity index is 0.000000451. The highest BCUT2D eigenvalue weighted by Gasteiger charge is 2.38. The molecule has 0 amide bonds. The van der Waals surface area contributed by atoms with Gasteiger partial charge in [0.2, 0.25) is 0 Å². The Morgan fingerprint density at radius 1 is 1.09 bits per heavy atom. The van der Waals surface area contributed by atoms with Crippen molar-refractivity contribution in [1.29, 1.82) is 5.26 Å². The van der Waals surface area contributed by atoms with Gasteiger partial charge in [0.1, 0.15) is 12.1 Å². The lowest BCUT2D eigenvalue weighted by atomic mass is 10.1. The molecule has 32 heavy (non-hydrogen) atoms. The summed E-state index contributed by atoms with van der Waals surface area (Å²) in [5.74, 6) is -2.10. The number of alkyl halides is 3. The Kier molecular flexibility index (Phi) is 8.68. The maximum Gasteiger partial charge on any atom is 0.490 e. The van der Waals surface area contributed by atoms with Crippen molar-refractivity contribution in [2.75, 3.05) is 11.9 Å². The van der Waals surface area contributed by atoms with Crippen molar-refractivity contribution in [1.82, 2.24) is 9.97 Å². The van der Waals surface area contributed by atoms with Crippen LogP contribution in [0.1, 0.15) is 17.2 Å². The fourth-order valence-corrected chi connectivity index (χ4v) is 2.49. The number of rotatable bonds is 6. The van der Waals surface area contributed by atoms with Crippen molar-refractivity contribution in [3.05, 3.63) is 78.1 Å². The number of halogens is 3. The van der Waals surface area contributed by atoms with Gasteiger partial charge in [-0.05, 0) is 11.1 Å². The SMILES string of the molecule is N#CCc1ccc(-c2cc(NC[C@H](O)c3ccccc3)ncn2)cc1.O=C(O)C(F)(F)F. The number of aromatic nitrogens is 2. The predicted octanol–water partition coefficient (Wildman–Crippen LogP) is 3.99. The lowest BCUT2D eigenvalue weighted by Crippen LogP contribution is -2.21. The minimum absolute atomic E-state index is 0.363. The summed E-state index contributed by atoms with van der Waals surface area (Å²) < 4.78 is 31.7. The number of benzene rings is 2. The Morgan fingerprint density at radius 3 is 2.28 bits per heavy atom. The molecule has 0 saturated carbocycles. The van der Waals surface area contributed by atoms with E-state index in [0.29, 0.717) is 18.8 Å². The number of nitriles is 1. The van der Waals surface area contributed by atoms with Crippen LogP contribution in [-0.4, -0.2) is 38.9 Å². The van der Waals surface area contributed by atoms with Gasteiger partial charge in [-0.1, -0.05) is 54.6 Å². The molecule has 0 aliphatic rings. The summed E-state index contributed by atoms with van der Waals surface area (Å²) in [4.78, 5) is 17.4. The van der Waals surface area contributed by atoms with Crippen molar-refractivity contribution >= 4 is 11.8 Å². The molecule has 1 atom stereocenters. The van der Waals surface area contributed by atoms with Gasteiger partial charge in [-0.25, -0.2) is 14.8 Å². The highest BCUT2D eigenvalue weighted by molar-refractivity contribution is 5.73. The summed E-state index contributed by atoms with van der Waals surface area (Å²) in [7, 11) is 0. The first-order valence-corrected chi connectivity index (χ1v) is 9.26. The molecule has 1 heterocycles. The number of hydrogen-bond acceptors (Lipinski definition) is 6. The summed E-state index contributed by atoms with van der Waals surface area (Å²) in [6.45, 7) is 0.363. The van der Waals surface area contributed by atoms with Crippen LogP contribution in [0.2, 0.25) is 0 Å². The number of carboxylic acids is 1. The minimum atomic E-state index is -5.08. The molecule has 166 valence electrons. The van der Waals surface area contributed by atoms with Crippen LogP contribution in [0, 0.1) is 11.3 Å². The average Bonchev–Trinajstić information content (AvgIpc) is 2.79. The summed E-state index contributed by atoms with van der Waals surface area (Å²) in [5.41, 5.74) is 3.58. The average molecular weight is 444 g/mol. The minimum Gasteiger partial charge on any atom is -0.475 e. The molecule has 7 nitrogen and oxygen atoms in total. The fraction of sp³-hybridized carbons (Fsp3) is 0.182.